The molecule has 2 aromatic rings. The van der Waals surface area contributed by atoms with Gasteiger partial charge in [0, 0.05) is 37.8 Å². The average molecular weight is 449 g/mol. The van der Waals surface area contributed by atoms with Crippen LogP contribution in [0.4, 0.5) is 19.0 Å². The lowest BCUT2D eigenvalue weighted by Gasteiger charge is -2.35. The van der Waals surface area contributed by atoms with Crippen molar-refractivity contribution in [1.29, 1.82) is 5.41 Å². The van der Waals surface area contributed by atoms with Crippen molar-refractivity contribution < 1.29 is 27.8 Å². The Hall–Kier alpha value is -3.63. The van der Waals surface area contributed by atoms with Gasteiger partial charge in [-0.25, -0.2) is 9.97 Å². The molecule has 32 heavy (non-hydrogen) atoms. The van der Waals surface area contributed by atoms with E-state index in [0.29, 0.717) is 24.5 Å². The lowest BCUT2D eigenvalue weighted by atomic mass is 10.00. The number of hydrogen-bond acceptors (Lipinski definition) is 7. The van der Waals surface area contributed by atoms with E-state index in [1.54, 1.807) is 35.2 Å². The first kappa shape index (κ1) is 23.0. The molecule has 1 saturated heterocycles. The smallest absolute Gasteiger partial charge is 0.422 e. The topological polar surface area (TPSA) is 103 Å². The Kier molecular flexibility index (Phi) is 6.96. The summed E-state index contributed by atoms with van der Waals surface area (Å²) in [4.78, 5) is 24.1. The number of ether oxygens (including phenoxy) is 1. The van der Waals surface area contributed by atoms with E-state index < -0.39 is 18.7 Å². The normalized spacial score (nSPS) is 15.2. The molecule has 2 N–H and O–H groups in total. The Labute approximate surface area is 182 Å². The Morgan fingerprint density at radius 2 is 1.81 bits per heavy atom. The van der Waals surface area contributed by atoms with Gasteiger partial charge in [-0.15, -0.1) is 0 Å². The molecule has 0 atom stereocenters. The summed E-state index contributed by atoms with van der Waals surface area (Å²) in [5.41, 5.74) is 0.366. The fourth-order valence-electron chi connectivity index (χ4n) is 3.23. The average Bonchev–Trinajstić information content (AvgIpc) is 2.78. The molecule has 8 nitrogen and oxygen atoms in total. The minimum Gasteiger partial charge on any atom is -0.512 e. The van der Waals surface area contributed by atoms with E-state index in [1.807, 2.05) is 0 Å². The Balaban J connectivity index is 1.65. The maximum atomic E-state index is 13.0. The molecule has 0 unspecified atom stereocenters. The molecule has 0 bridgehead atoms. The van der Waals surface area contributed by atoms with Crippen LogP contribution >= 0.6 is 0 Å². The van der Waals surface area contributed by atoms with Crippen LogP contribution in [0.5, 0.6) is 5.88 Å². The van der Waals surface area contributed by atoms with Gasteiger partial charge in [-0.05, 0) is 6.92 Å². The van der Waals surface area contributed by atoms with E-state index in [1.165, 1.54) is 17.9 Å². The lowest BCUT2D eigenvalue weighted by molar-refractivity contribution is -0.154. The molecule has 11 heteroatoms. The Morgan fingerprint density at radius 3 is 2.41 bits per heavy atom. The number of anilines is 1. The fourth-order valence-corrected chi connectivity index (χ4v) is 3.23. The number of rotatable bonds is 6. The van der Waals surface area contributed by atoms with E-state index in [0.717, 1.165) is 6.33 Å². The molecule has 1 aromatic carbocycles. The molecule has 3 rings (SSSR count). The molecule has 1 aliphatic heterocycles. The predicted octanol–water partition coefficient (Wildman–Crippen LogP) is 2.97. The molecule has 2 heterocycles. The highest BCUT2D eigenvalue weighted by Crippen LogP contribution is 2.22. The highest BCUT2D eigenvalue weighted by molar-refractivity contribution is 6.27. The van der Waals surface area contributed by atoms with Gasteiger partial charge in [-0.1, -0.05) is 30.3 Å². The predicted molar refractivity (Wildman–Crippen MR) is 111 cm³/mol. The molecule has 1 aliphatic rings. The van der Waals surface area contributed by atoms with Crippen LogP contribution in [-0.4, -0.2) is 70.6 Å². The molecule has 1 aromatic heterocycles. The van der Waals surface area contributed by atoms with Gasteiger partial charge in [0.05, 0.1) is 5.71 Å². The van der Waals surface area contributed by atoms with Crippen LogP contribution in [0.1, 0.15) is 12.5 Å². The number of amides is 1. The third-order valence-electron chi connectivity index (χ3n) is 4.79. The second kappa shape index (κ2) is 9.67. The van der Waals surface area contributed by atoms with Crippen LogP contribution in [-0.2, 0) is 4.79 Å². The van der Waals surface area contributed by atoms with E-state index in [2.05, 4.69) is 14.7 Å². The quantitative estimate of drug-likeness (QED) is 0.399. The molecule has 0 aliphatic carbocycles. The number of aliphatic hydroxyl groups excluding tert-OH is 1. The molecular weight excluding hydrogens is 427 g/mol. The van der Waals surface area contributed by atoms with Crippen molar-refractivity contribution >= 4 is 17.4 Å². The molecule has 0 spiro atoms. The van der Waals surface area contributed by atoms with Crippen LogP contribution in [0.3, 0.4) is 0 Å². The van der Waals surface area contributed by atoms with E-state index in [-0.39, 0.29) is 36.0 Å². The van der Waals surface area contributed by atoms with Gasteiger partial charge >= 0.3 is 6.18 Å². The second-order valence-corrected chi connectivity index (χ2v) is 7.10. The number of alkyl halides is 3. The van der Waals surface area contributed by atoms with Crippen molar-refractivity contribution in [1.82, 2.24) is 14.9 Å². The Morgan fingerprint density at radius 1 is 1.16 bits per heavy atom. The van der Waals surface area contributed by atoms with Crippen molar-refractivity contribution in [2.45, 2.75) is 13.1 Å². The number of allylic oxidation sites excluding steroid dienone is 1. The van der Waals surface area contributed by atoms with E-state index >= 15 is 0 Å². The van der Waals surface area contributed by atoms with E-state index in [9.17, 15) is 23.1 Å². The number of benzene rings is 1. The zero-order valence-corrected chi connectivity index (χ0v) is 17.3. The molecule has 170 valence electrons. The van der Waals surface area contributed by atoms with Crippen LogP contribution in [0.15, 0.2) is 54.1 Å². The number of aliphatic hydroxyl groups is 1. The zero-order chi connectivity index (χ0) is 23.3. The second-order valence-electron chi connectivity index (χ2n) is 7.10. The zero-order valence-electron chi connectivity index (χ0n) is 17.3. The van der Waals surface area contributed by atoms with Crippen molar-refractivity contribution in [2.75, 3.05) is 37.7 Å². The summed E-state index contributed by atoms with van der Waals surface area (Å²) >= 11 is 0. The standard InChI is InChI=1S/C21H22F3N5O3/c1-14(30)18(19(25)15-5-3-2-4-6-15)20(31)29-9-7-28(8-10-29)16-11-17(27-13-26-16)32-12-21(22,23)24/h2-6,11,13,25,30H,7-10,12H2,1H3/b18-14+,25-19?. The van der Waals surface area contributed by atoms with E-state index in [4.69, 9.17) is 5.41 Å². The van der Waals surface area contributed by atoms with Crippen LogP contribution < -0.4 is 9.64 Å². The van der Waals surface area contributed by atoms with Crippen molar-refractivity contribution in [3.05, 3.63) is 59.6 Å². The fraction of sp³-hybridized carbons (Fsp3) is 0.333. The van der Waals surface area contributed by atoms with Crippen LogP contribution in [0, 0.1) is 5.41 Å². The summed E-state index contributed by atoms with van der Waals surface area (Å²) in [6.45, 7) is 1.19. The van der Waals surface area contributed by atoms with Gasteiger partial charge < -0.3 is 19.6 Å². The van der Waals surface area contributed by atoms with Gasteiger partial charge in [-0.3, -0.25) is 10.2 Å². The SMILES string of the molecule is C/C(O)=C(/C(=N)c1ccccc1)C(=O)N1CCN(c2cc(OCC(F)(F)F)ncn2)CC1. The molecule has 0 saturated carbocycles. The van der Waals surface area contributed by atoms with Gasteiger partial charge in [0.2, 0.25) is 5.88 Å². The number of carbonyl (C=O) groups excluding carboxylic acids is 1. The van der Waals surface area contributed by atoms with Crippen LogP contribution in [0.25, 0.3) is 0 Å². The summed E-state index contributed by atoms with van der Waals surface area (Å²) in [7, 11) is 0. The van der Waals surface area contributed by atoms with Gasteiger partial charge in [0.25, 0.3) is 5.91 Å². The summed E-state index contributed by atoms with van der Waals surface area (Å²) in [5, 5.41) is 18.4. The minimum atomic E-state index is -4.47. The summed E-state index contributed by atoms with van der Waals surface area (Å²) < 4.78 is 41.7. The van der Waals surface area contributed by atoms with Gasteiger partial charge in [-0.2, -0.15) is 13.2 Å². The van der Waals surface area contributed by atoms with Crippen molar-refractivity contribution in [3.63, 3.8) is 0 Å². The third kappa shape index (κ3) is 5.74. The summed E-state index contributed by atoms with van der Waals surface area (Å²) in [5.74, 6) is -0.511. The largest absolute Gasteiger partial charge is 0.512 e. The first-order valence-electron chi connectivity index (χ1n) is 9.75. The summed E-state index contributed by atoms with van der Waals surface area (Å²) in [6.07, 6.45) is -3.35. The maximum absolute atomic E-state index is 13.0. The number of hydrogen-bond donors (Lipinski definition) is 2. The number of halogens is 3. The molecule has 0 radical (unpaired) electrons. The number of nitrogens with one attached hydrogen (secondary N) is 1. The highest BCUT2D eigenvalue weighted by atomic mass is 19.4. The minimum absolute atomic E-state index is 0.0692. The Bertz CT molecular complexity index is 999. The monoisotopic (exact) mass is 449 g/mol. The van der Waals surface area contributed by atoms with Crippen LogP contribution in [0.2, 0.25) is 0 Å². The highest BCUT2D eigenvalue weighted by Gasteiger charge is 2.30. The number of nitrogens with zero attached hydrogens (tertiary/aromatic N) is 4. The van der Waals surface area contributed by atoms with Gasteiger partial charge in [0.15, 0.2) is 6.61 Å². The van der Waals surface area contributed by atoms with Crippen molar-refractivity contribution in [3.8, 4) is 5.88 Å². The third-order valence-corrected chi connectivity index (χ3v) is 4.79. The lowest BCUT2D eigenvalue weighted by Crippen LogP contribution is -2.50. The number of aromatic nitrogens is 2. The maximum Gasteiger partial charge on any atom is 0.422 e. The molecule has 1 fully saturated rings. The first-order valence-corrected chi connectivity index (χ1v) is 9.75. The number of piperazine rings is 1. The molecule has 1 amide bonds. The first-order chi connectivity index (χ1) is 15.2. The molecular formula is C21H22F3N5O3. The van der Waals surface area contributed by atoms with Gasteiger partial charge in [0.1, 0.15) is 23.5 Å². The van der Waals surface area contributed by atoms with Crippen molar-refractivity contribution in [2.24, 2.45) is 0 Å². The summed E-state index contributed by atoms with van der Waals surface area (Å²) in [6, 6.07) is 9.96. The number of carbonyl (C=O) groups is 1.